The van der Waals surface area contributed by atoms with E-state index < -0.39 is 0 Å². The Hall–Kier alpha value is -0.0800. The molecule has 0 bridgehead atoms. The van der Waals surface area contributed by atoms with E-state index >= 15 is 0 Å². The van der Waals surface area contributed by atoms with Gasteiger partial charge in [-0.3, -0.25) is 0 Å². The van der Waals surface area contributed by atoms with Gasteiger partial charge in [0.1, 0.15) is 0 Å². The first-order chi connectivity index (χ1) is 7.69. The maximum atomic E-state index is 2.49. The Kier molecular flexibility index (Phi) is 17.1. The molecule has 0 radical (unpaired) electrons. The molecular weight excluding hydrogens is 196 g/mol. The third kappa shape index (κ3) is 12.0. The van der Waals surface area contributed by atoms with Crippen LogP contribution in [-0.2, 0) is 0 Å². The minimum Gasteiger partial charge on any atom is -0.304 e. The summed E-state index contributed by atoms with van der Waals surface area (Å²) < 4.78 is 0. The Morgan fingerprint density at radius 3 is 0.938 bits per heavy atom. The molecular formula is C14H34N2. The molecule has 0 saturated heterocycles. The molecule has 0 fully saturated rings. The first-order valence-corrected chi connectivity index (χ1v) is 7.14. The van der Waals surface area contributed by atoms with Crippen LogP contribution in [-0.4, -0.2) is 49.1 Å². The lowest BCUT2D eigenvalue weighted by Crippen LogP contribution is -2.24. The Labute approximate surface area is 104 Å². The van der Waals surface area contributed by atoms with Crippen molar-refractivity contribution in [2.24, 2.45) is 0 Å². The largest absolute Gasteiger partial charge is 0.304 e. The molecule has 0 aliphatic heterocycles. The van der Waals surface area contributed by atoms with Crippen LogP contribution in [0, 0.1) is 0 Å². The zero-order valence-corrected chi connectivity index (χ0v) is 12.6. The summed E-state index contributed by atoms with van der Waals surface area (Å²) >= 11 is 0. The van der Waals surface area contributed by atoms with Gasteiger partial charge in [0.25, 0.3) is 0 Å². The van der Waals surface area contributed by atoms with Crippen LogP contribution >= 0.6 is 0 Å². The fraction of sp³-hybridized carbons (Fsp3) is 1.00. The zero-order valence-electron chi connectivity index (χ0n) is 12.6. The third-order valence-electron chi connectivity index (χ3n) is 2.87. The molecule has 0 aromatic rings. The van der Waals surface area contributed by atoms with Gasteiger partial charge in [-0.1, -0.05) is 41.5 Å². The Balaban J connectivity index is 0. The lowest BCUT2D eigenvalue weighted by Gasteiger charge is -2.17. The quantitative estimate of drug-likeness (QED) is 0.630. The van der Waals surface area contributed by atoms with Crippen LogP contribution in [0.25, 0.3) is 0 Å². The third-order valence-corrected chi connectivity index (χ3v) is 2.87. The number of rotatable bonds is 8. The van der Waals surface area contributed by atoms with E-state index in [9.17, 15) is 0 Å². The van der Waals surface area contributed by atoms with Gasteiger partial charge in [-0.15, -0.1) is 0 Å². The predicted molar refractivity (Wildman–Crippen MR) is 76.2 cm³/mol. The average molecular weight is 230 g/mol. The van der Waals surface area contributed by atoms with Gasteiger partial charge >= 0.3 is 0 Å². The van der Waals surface area contributed by atoms with Crippen LogP contribution in [0.1, 0.15) is 54.4 Å². The van der Waals surface area contributed by atoms with E-state index in [0.29, 0.717) is 0 Å². The molecule has 16 heavy (non-hydrogen) atoms. The molecule has 0 aromatic carbocycles. The molecule has 0 N–H and O–H groups in total. The van der Waals surface area contributed by atoms with Crippen molar-refractivity contribution >= 4 is 0 Å². The molecule has 0 atom stereocenters. The first kappa shape index (κ1) is 18.3. The summed E-state index contributed by atoms with van der Waals surface area (Å²) in [5, 5.41) is 0. The smallest absolute Gasteiger partial charge is 0.00215 e. The minimum atomic E-state index is 1.19. The maximum absolute atomic E-state index is 2.49. The van der Waals surface area contributed by atoms with Crippen LogP contribution in [0.15, 0.2) is 0 Å². The van der Waals surface area contributed by atoms with Crippen LogP contribution in [0.2, 0.25) is 0 Å². The lowest BCUT2D eigenvalue weighted by molar-refractivity contribution is 0.289. The molecule has 0 aliphatic rings. The van der Waals surface area contributed by atoms with Crippen LogP contribution < -0.4 is 0 Å². The average Bonchev–Trinajstić information content (AvgIpc) is 2.32. The Morgan fingerprint density at radius 1 is 0.500 bits per heavy atom. The molecule has 0 unspecified atom stereocenters. The summed E-state index contributed by atoms with van der Waals surface area (Å²) in [4.78, 5) is 4.86. The standard InChI is InChI=1S/C8H19N.C6H15N/c1-4-7-9(6-3)8-5-2;1-4-7(5-2)6-3/h4-8H2,1-3H3;4-6H2,1-3H3. The van der Waals surface area contributed by atoms with Gasteiger partial charge in [0.15, 0.2) is 0 Å². The van der Waals surface area contributed by atoms with Gasteiger partial charge < -0.3 is 9.80 Å². The van der Waals surface area contributed by atoms with Crippen molar-refractivity contribution in [1.82, 2.24) is 9.80 Å². The molecule has 0 spiro atoms. The van der Waals surface area contributed by atoms with E-state index in [1.54, 1.807) is 0 Å². The van der Waals surface area contributed by atoms with Gasteiger partial charge in [0, 0.05) is 0 Å². The van der Waals surface area contributed by atoms with Gasteiger partial charge in [0.05, 0.1) is 0 Å². The van der Waals surface area contributed by atoms with E-state index in [-0.39, 0.29) is 0 Å². The molecule has 2 nitrogen and oxygen atoms in total. The summed E-state index contributed by atoms with van der Waals surface area (Å²) in [6.07, 6.45) is 2.57. The van der Waals surface area contributed by atoms with Crippen molar-refractivity contribution in [2.45, 2.75) is 54.4 Å². The summed E-state index contributed by atoms with van der Waals surface area (Å²) in [5.74, 6) is 0. The van der Waals surface area contributed by atoms with E-state index in [1.807, 2.05) is 0 Å². The highest BCUT2D eigenvalue weighted by Gasteiger charge is 1.95. The van der Waals surface area contributed by atoms with Crippen molar-refractivity contribution in [1.29, 1.82) is 0 Å². The highest BCUT2D eigenvalue weighted by molar-refractivity contribution is 4.50. The van der Waals surface area contributed by atoms with E-state index in [2.05, 4.69) is 51.3 Å². The molecule has 0 saturated carbocycles. The molecule has 0 rings (SSSR count). The molecule has 0 aliphatic carbocycles. The highest BCUT2D eigenvalue weighted by Crippen LogP contribution is 1.91. The summed E-state index contributed by atoms with van der Waals surface area (Å²) in [6.45, 7) is 20.6. The molecule has 0 heterocycles. The zero-order chi connectivity index (χ0) is 12.8. The van der Waals surface area contributed by atoms with Crippen LogP contribution in [0.3, 0.4) is 0 Å². The summed E-state index contributed by atoms with van der Waals surface area (Å²) in [7, 11) is 0. The summed E-state index contributed by atoms with van der Waals surface area (Å²) in [6, 6.07) is 0. The van der Waals surface area contributed by atoms with Gasteiger partial charge in [-0.05, 0) is 52.1 Å². The highest BCUT2D eigenvalue weighted by atomic mass is 15.1. The van der Waals surface area contributed by atoms with Gasteiger partial charge in [-0.25, -0.2) is 0 Å². The van der Waals surface area contributed by atoms with Gasteiger partial charge in [0.2, 0.25) is 0 Å². The van der Waals surface area contributed by atoms with E-state index in [1.165, 1.54) is 52.1 Å². The molecule has 0 aromatic heterocycles. The monoisotopic (exact) mass is 230 g/mol. The fourth-order valence-corrected chi connectivity index (χ4v) is 1.73. The van der Waals surface area contributed by atoms with Crippen molar-refractivity contribution in [3.8, 4) is 0 Å². The number of hydrogen-bond acceptors (Lipinski definition) is 2. The predicted octanol–water partition coefficient (Wildman–Crippen LogP) is 3.48. The van der Waals surface area contributed by atoms with Crippen molar-refractivity contribution in [3.63, 3.8) is 0 Å². The normalized spacial score (nSPS) is 10.5. The lowest BCUT2D eigenvalue weighted by atomic mass is 10.3. The van der Waals surface area contributed by atoms with Crippen LogP contribution in [0.4, 0.5) is 0 Å². The molecule has 2 heteroatoms. The molecule has 0 amide bonds. The second-order valence-corrected chi connectivity index (χ2v) is 4.05. The fourth-order valence-electron chi connectivity index (χ4n) is 1.73. The second-order valence-electron chi connectivity index (χ2n) is 4.05. The Bertz CT molecular complexity index is 99.8. The number of hydrogen-bond donors (Lipinski definition) is 0. The number of nitrogens with zero attached hydrogens (tertiary/aromatic N) is 2. The molecule has 100 valence electrons. The van der Waals surface area contributed by atoms with Crippen molar-refractivity contribution < 1.29 is 0 Å². The van der Waals surface area contributed by atoms with E-state index in [4.69, 9.17) is 0 Å². The minimum absolute atomic E-state index is 1.19. The van der Waals surface area contributed by atoms with Crippen molar-refractivity contribution in [3.05, 3.63) is 0 Å². The Morgan fingerprint density at radius 2 is 0.812 bits per heavy atom. The van der Waals surface area contributed by atoms with Gasteiger partial charge in [-0.2, -0.15) is 0 Å². The van der Waals surface area contributed by atoms with E-state index in [0.717, 1.165) is 0 Å². The first-order valence-electron chi connectivity index (χ1n) is 7.14. The second kappa shape index (κ2) is 14.9. The summed E-state index contributed by atoms with van der Waals surface area (Å²) in [5.41, 5.74) is 0. The maximum Gasteiger partial charge on any atom is -0.00215 e. The topological polar surface area (TPSA) is 6.48 Å². The van der Waals surface area contributed by atoms with Crippen molar-refractivity contribution in [2.75, 3.05) is 39.3 Å². The SMILES string of the molecule is CCCN(CC)CCC.CCN(CC)CC. The van der Waals surface area contributed by atoms with Crippen LogP contribution in [0.5, 0.6) is 0 Å².